The van der Waals surface area contributed by atoms with Gasteiger partial charge in [-0.1, -0.05) is 19.8 Å². The van der Waals surface area contributed by atoms with Crippen molar-refractivity contribution in [2.45, 2.75) is 36.7 Å². The first-order valence-electron chi connectivity index (χ1n) is 3.07. The minimum absolute atomic E-state index is 0.376. The van der Waals surface area contributed by atoms with E-state index in [1.807, 2.05) is 22.6 Å². The van der Waals surface area contributed by atoms with Crippen LogP contribution >= 0.6 is 22.6 Å². The van der Waals surface area contributed by atoms with E-state index in [0.717, 1.165) is 12.8 Å². The van der Waals surface area contributed by atoms with Crippen molar-refractivity contribution in [2.75, 3.05) is 0 Å². The Morgan fingerprint density at radius 1 is 1.50 bits per heavy atom. The molecule has 49 valence electrons. The van der Waals surface area contributed by atoms with Gasteiger partial charge in [0.1, 0.15) is 4.11 Å². The molecule has 0 saturated heterocycles. The predicted octanol–water partition coefficient (Wildman–Crippen LogP) is 2.76. The largest absolute Gasteiger partial charge is 0.222 e. The van der Waals surface area contributed by atoms with Gasteiger partial charge in [0.15, 0.2) is 0 Å². The maximum Gasteiger partial charge on any atom is 0.144 e. The van der Waals surface area contributed by atoms with Crippen molar-refractivity contribution in [3.05, 3.63) is 0 Å². The summed E-state index contributed by atoms with van der Waals surface area (Å²) in [6.07, 6.45) is 4.37. The molecule has 0 spiro atoms. The summed E-state index contributed by atoms with van der Waals surface area (Å²) in [6, 6.07) is 0. The highest BCUT2D eigenvalue weighted by Gasteiger charge is 1.96. The summed E-state index contributed by atoms with van der Waals surface area (Å²) < 4.78 is -0.376. The van der Waals surface area contributed by atoms with Gasteiger partial charge in [-0.3, -0.25) is 0 Å². The van der Waals surface area contributed by atoms with Crippen LogP contribution in [0.2, 0.25) is 0 Å². The molecule has 1 radical (unpaired) electrons. The molecule has 0 N–H and O–H groups in total. The van der Waals surface area contributed by atoms with Crippen molar-refractivity contribution in [1.29, 1.82) is 0 Å². The molecule has 0 aromatic carbocycles. The third kappa shape index (κ3) is 6.69. The SMILES string of the molecule is CCCCCC([O])I. The van der Waals surface area contributed by atoms with Crippen LogP contribution in [0.4, 0.5) is 0 Å². The number of unbranched alkanes of at least 4 members (excludes halogenated alkanes) is 2. The lowest BCUT2D eigenvalue weighted by atomic mass is 10.2. The monoisotopic (exact) mass is 227 g/mol. The molecular formula is C6H12IO. The number of hydrogen-bond donors (Lipinski definition) is 0. The van der Waals surface area contributed by atoms with Gasteiger partial charge in [0.2, 0.25) is 0 Å². The number of alkyl halides is 1. The highest BCUT2D eigenvalue weighted by Crippen LogP contribution is 2.08. The van der Waals surface area contributed by atoms with Crippen LogP contribution in [0.5, 0.6) is 0 Å². The van der Waals surface area contributed by atoms with Crippen molar-refractivity contribution in [1.82, 2.24) is 0 Å². The Morgan fingerprint density at radius 3 is 2.50 bits per heavy atom. The predicted molar refractivity (Wildman–Crippen MR) is 42.6 cm³/mol. The summed E-state index contributed by atoms with van der Waals surface area (Å²) in [6.45, 7) is 2.15. The molecule has 0 amide bonds. The van der Waals surface area contributed by atoms with E-state index < -0.39 is 0 Å². The van der Waals surface area contributed by atoms with Crippen molar-refractivity contribution in [3.63, 3.8) is 0 Å². The average Bonchev–Trinajstić information content (AvgIpc) is 1.66. The Kier molecular flexibility index (Phi) is 6.32. The third-order valence-corrected chi connectivity index (χ3v) is 1.66. The quantitative estimate of drug-likeness (QED) is 0.399. The lowest BCUT2D eigenvalue weighted by molar-refractivity contribution is 0.168. The fraction of sp³-hybridized carbons (Fsp3) is 1.00. The lowest BCUT2D eigenvalue weighted by Crippen LogP contribution is -1.90. The molecule has 0 saturated carbocycles. The third-order valence-electron chi connectivity index (χ3n) is 1.03. The molecule has 0 aliphatic carbocycles. The second-order valence-corrected chi connectivity index (χ2v) is 3.30. The summed E-state index contributed by atoms with van der Waals surface area (Å²) in [4.78, 5) is 0. The van der Waals surface area contributed by atoms with Gasteiger partial charge in [0.25, 0.3) is 0 Å². The Morgan fingerprint density at radius 2 is 2.12 bits per heavy atom. The second-order valence-electron chi connectivity index (χ2n) is 1.91. The van der Waals surface area contributed by atoms with Crippen molar-refractivity contribution < 1.29 is 5.11 Å². The first-order chi connectivity index (χ1) is 3.77. The molecule has 0 fully saturated rings. The fourth-order valence-electron chi connectivity index (χ4n) is 0.555. The zero-order chi connectivity index (χ0) is 6.41. The van der Waals surface area contributed by atoms with Gasteiger partial charge in [-0.05, 0) is 35.4 Å². The highest BCUT2D eigenvalue weighted by molar-refractivity contribution is 14.1. The van der Waals surface area contributed by atoms with Crippen molar-refractivity contribution in [3.8, 4) is 0 Å². The van der Waals surface area contributed by atoms with Crippen LogP contribution in [0.15, 0.2) is 0 Å². The van der Waals surface area contributed by atoms with Crippen LogP contribution in [0.1, 0.15) is 32.6 Å². The maximum atomic E-state index is 10.4. The summed E-state index contributed by atoms with van der Waals surface area (Å²) in [5, 5.41) is 10.4. The summed E-state index contributed by atoms with van der Waals surface area (Å²) in [5.74, 6) is 0. The van der Waals surface area contributed by atoms with Gasteiger partial charge in [-0.2, -0.15) is 0 Å². The smallest absolute Gasteiger partial charge is 0.144 e. The molecule has 2 heteroatoms. The molecule has 1 nitrogen and oxygen atoms in total. The molecule has 1 atom stereocenters. The standard InChI is InChI=1S/C6H12IO/c1-2-3-4-5-6(7)8/h6H,2-5H2,1H3. The molecule has 0 heterocycles. The van der Waals surface area contributed by atoms with Crippen LogP contribution in [0, 0.1) is 0 Å². The van der Waals surface area contributed by atoms with Gasteiger partial charge >= 0.3 is 0 Å². The average molecular weight is 227 g/mol. The topological polar surface area (TPSA) is 19.9 Å². The zero-order valence-electron chi connectivity index (χ0n) is 5.19. The molecule has 0 rings (SSSR count). The molecular weight excluding hydrogens is 215 g/mol. The second kappa shape index (κ2) is 5.82. The highest BCUT2D eigenvalue weighted by atomic mass is 127. The molecule has 0 aromatic rings. The van der Waals surface area contributed by atoms with E-state index in [1.54, 1.807) is 0 Å². The molecule has 0 aromatic heterocycles. The lowest BCUT2D eigenvalue weighted by Gasteiger charge is -1.96. The van der Waals surface area contributed by atoms with Gasteiger partial charge < -0.3 is 0 Å². The van der Waals surface area contributed by atoms with Gasteiger partial charge in [0, 0.05) is 0 Å². The first kappa shape index (κ1) is 8.69. The van der Waals surface area contributed by atoms with E-state index in [2.05, 4.69) is 6.92 Å². The maximum absolute atomic E-state index is 10.4. The van der Waals surface area contributed by atoms with Gasteiger partial charge in [-0.25, -0.2) is 5.11 Å². The van der Waals surface area contributed by atoms with Crippen molar-refractivity contribution in [2.24, 2.45) is 0 Å². The number of rotatable bonds is 4. The minimum atomic E-state index is -0.376. The molecule has 8 heavy (non-hydrogen) atoms. The van der Waals surface area contributed by atoms with Gasteiger partial charge in [0.05, 0.1) is 0 Å². The van der Waals surface area contributed by atoms with Crippen LogP contribution in [-0.2, 0) is 5.11 Å². The Balaban J connectivity index is 2.72. The zero-order valence-corrected chi connectivity index (χ0v) is 7.35. The van der Waals surface area contributed by atoms with E-state index in [1.165, 1.54) is 12.8 Å². The summed E-state index contributed by atoms with van der Waals surface area (Å²) in [7, 11) is 0. The summed E-state index contributed by atoms with van der Waals surface area (Å²) in [5.41, 5.74) is 0. The Labute approximate surface area is 64.6 Å². The number of hydrogen-bond acceptors (Lipinski definition) is 0. The van der Waals surface area contributed by atoms with Crippen LogP contribution in [0.3, 0.4) is 0 Å². The normalized spacial score (nSPS) is 13.9. The van der Waals surface area contributed by atoms with Crippen LogP contribution in [-0.4, -0.2) is 4.11 Å². The fourth-order valence-corrected chi connectivity index (χ4v) is 0.995. The Bertz CT molecular complexity index is 45.8. The Hall–Kier alpha value is 0.690. The van der Waals surface area contributed by atoms with Crippen LogP contribution in [0.25, 0.3) is 0 Å². The van der Waals surface area contributed by atoms with E-state index in [0.29, 0.717) is 0 Å². The molecule has 0 aliphatic heterocycles. The minimum Gasteiger partial charge on any atom is -0.222 e. The first-order valence-corrected chi connectivity index (χ1v) is 4.31. The molecule has 0 bridgehead atoms. The van der Waals surface area contributed by atoms with Crippen LogP contribution < -0.4 is 0 Å². The molecule has 0 aliphatic rings. The van der Waals surface area contributed by atoms with Gasteiger partial charge in [-0.15, -0.1) is 0 Å². The number of halogens is 1. The van der Waals surface area contributed by atoms with E-state index in [4.69, 9.17) is 0 Å². The summed E-state index contributed by atoms with van der Waals surface area (Å²) >= 11 is 1.93. The van der Waals surface area contributed by atoms with E-state index in [-0.39, 0.29) is 4.11 Å². The van der Waals surface area contributed by atoms with E-state index in [9.17, 15) is 5.11 Å². The van der Waals surface area contributed by atoms with Crippen molar-refractivity contribution >= 4 is 22.6 Å². The molecule has 1 unspecified atom stereocenters. The van der Waals surface area contributed by atoms with E-state index >= 15 is 0 Å².